The van der Waals surface area contributed by atoms with Crippen LogP contribution in [0, 0.1) is 6.92 Å². The molecule has 8 nitrogen and oxygen atoms in total. The average molecular weight is 456 g/mol. The Bertz CT molecular complexity index is 1320. The highest BCUT2D eigenvalue weighted by Gasteiger charge is 2.23. The Morgan fingerprint density at radius 3 is 3.00 bits per heavy atom. The van der Waals surface area contributed by atoms with Crippen LogP contribution in [0.1, 0.15) is 18.4 Å². The Labute approximate surface area is 186 Å². The van der Waals surface area contributed by atoms with Gasteiger partial charge in [0.15, 0.2) is 5.16 Å². The minimum atomic E-state index is -0.120. The molecular weight excluding hydrogens is 434 g/mol. The van der Waals surface area contributed by atoms with Gasteiger partial charge in [-0.3, -0.25) is 18.6 Å². The van der Waals surface area contributed by atoms with Gasteiger partial charge in [0.2, 0.25) is 11.7 Å². The molecule has 4 heterocycles. The molecule has 1 fully saturated rings. The number of hydrogen-bond donors (Lipinski definition) is 1. The molecule has 0 spiro atoms. The van der Waals surface area contributed by atoms with Crippen molar-refractivity contribution in [3.63, 3.8) is 0 Å². The number of fused-ring (bicyclic) bond motifs is 3. The number of para-hydroxylation sites is 1. The van der Waals surface area contributed by atoms with Crippen molar-refractivity contribution in [1.82, 2.24) is 19.2 Å². The summed E-state index contributed by atoms with van der Waals surface area (Å²) >= 11 is 2.70. The molecule has 1 aliphatic heterocycles. The van der Waals surface area contributed by atoms with Gasteiger partial charge in [-0.15, -0.1) is 21.5 Å². The predicted octanol–water partition coefficient (Wildman–Crippen LogP) is 3.32. The Morgan fingerprint density at radius 1 is 1.32 bits per heavy atom. The minimum Gasteiger partial charge on any atom is -0.376 e. The number of benzene rings is 1. The van der Waals surface area contributed by atoms with Gasteiger partial charge in [0, 0.05) is 12.3 Å². The number of carbonyl (C=O) groups excluding carboxylic acids is 1. The first kappa shape index (κ1) is 20.2. The van der Waals surface area contributed by atoms with Gasteiger partial charge in [0.25, 0.3) is 5.56 Å². The molecule has 1 N–H and O–H groups in total. The van der Waals surface area contributed by atoms with E-state index < -0.39 is 0 Å². The summed E-state index contributed by atoms with van der Waals surface area (Å²) in [7, 11) is 0. The average Bonchev–Trinajstić information content (AvgIpc) is 3.51. The quantitative estimate of drug-likeness (QED) is 0.449. The fourth-order valence-electron chi connectivity index (χ4n) is 3.78. The van der Waals surface area contributed by atoms with Crippen LogP contribution < -0.4 is 10.9 Å². The van der Waals surface area contributed by atoms with Gasteiger partial charge in [-0.2, -0.15) is 0 Å². The van der Waals surface area contributed by atoms with E-state index in [1.165, 1.54) is 23.1 Å². The van der Waals surface area contributed by atoms with E-state index in [4.69, 9.17) is 4.74 Å². The topological polar surface area (TPSA) is 90.5 Å². The van der Waals surface area contributed by atoms with E-state index in [-0.39, 0.29) is 23.3 Å². The zero-order chi connectivity index (χ0) is 21.4. The van der Waals surface area contributed by atoms with E-state index in [2.05, 4.69) is 15.5 Å². The van der Waals surface area contributed by atoms with E-state index in [0.717, 1.165) is 36.2 Å². The molecule has 0 bridgehead atoms. The molecule has 1 aromatic carbocycles. The van der Waals surface area contributed by atoms with Crippen molar-refractivity contribution in [2.45, 2.75) is 37.6 Å². The van der Waals surface area contributed by atoms with Crippen molar-refractivity contribution < 1.29 is 9.53 Å². The zero-order valence-corrected chi connectivity index (χ0v) is 18.5. The number of nitrogens with one attached hydrogen (secondary N) is 1. The summed E-state index contributed by atoms with van der Waals surface area (Å²) < 4.78 is 9.90. The molecule has 4 aromatic rings. The summed E-state index contributed by atoms with van der Waals surface area (Å²) in [5.41, 5.74) is 2.49. The smallest absolute Gasteiger partial charge is 0.272 e. The van der Waals surface area contributed by atoms with E-state index in [1.807, 2.05) is 47.0 Å². The molecule has 1 saturated heterocycles. The highest BCUT2D eigenvalue weighted by molar-refractivity contribution is 7.99. The summed E-state index contributed by atoms with van der Waals surface area (Å²) in [6.45, 7) is 3.13. The van der Waals surface area contributed by atoms with Crippen molar-refractivity contribution in [1.29, 1.82) is 0 Å². The van der Waals surface area contributed by atoms with Crippen LogP contribution in [-0.4, -0.2) is 43.5 Å². The van der Waals surface area contributed by atoms with Gasteiger partial charge in [-0.1, -0.05) is 30.0 Å². The molecular formula is C21H21N5O3S2. The Kier molecular flexibility index (Phi) is 5.51. The van der Waals surface area contributed by atoms with Crippen LogP contribution in [-0.2, 0) is 16.1 Å². The lowest BCUT2D eigenvalue weighted by atomic mass is 10.2. The minimum absolute atomic E-state index is 0.00612. The number of thiophene rings is 1. The first-order valence-electron chi connectivity index (χ1n) is 10.1. The number of aryl methyl sites for hydroxylation is 1. The summed E-state index contributed by atoms with van der Waals surface area (Å²) in [4.78, 5) is 25.6. The highest BCUT2D eigenvalue weighted by atomic mass is 32.2. The van der Waals surface area contributed by atoms with Crippen molar-refractivity contribution >= 4 is 50.7 Å². The molecule has 160 valence electrons. The molecule has 1 atom stereocenters. The first-order chi connectivity index (χ1) is 15.1. The Morgan fingerprint density at radius 2 is 2.19 bits per heavy atom. The second kappa shape index (κ2) is 8.45. The van der Waals surface area contributed by atoms with Crippen LogP contribution in [0.5, 0.6) is 0 Å². The highest BCUT2D eigenvalue weighted by Crippen LogP contribution is 2.25. The molecule has 3 aromatic heterocycles. The predicted molar refractivity (Wildman–Crippen MR) is 122 cm³/mol. The third kappa shape index (κ3) is 3.86. The van der Waals surface area contributed by atoms with Gasteiger partial charge >= 0.3 is 0 Å². The van der Waals surface area contributed by atoms with Gasteiger partial charge in [0.1, 0.15) is 4.70 Å². The lowest BCUT2D eigenvalue weighted by Crippen LogP contribution is -2.28. The number of rotatable bonds is 6. The summed E-state index contributed by atoms with van der Waals surface area (Å²) in [6, 6.07) is 9.55. The van der Waals surface area contributed by atoms with Crippen LogP contribution in [0.2, 0.25) is 0 Å². The third-order valence-electron chi connectivity index (χ3n) is 5.34. The number of aromatic nitrogens is 4. The van der Waals surface area contributed by atoms with Gasteiger partial charge in [0.05, 0.1) is 23.9 Å². The van der Waals surface area contributed by atoms with Crippen molar-refractivity contribution in [3.05, 3.63) is 51.6 Å². The maximum absolute atomic E-state index is 13.1. The van der Waals surface area contributed by atoms with Gasteiger partial charge in [-0.25, -0.2) is 0 Å². The third-order valence-corrected chi connectivity index (χ3v) is 7.16. The Balaban J connectivity index is 1.44. The second-order valence-corrected chi connectivity index (χ2v) is 9.31. The normalized spacial score (nSPS) is 16.4. The summed E-state index contributed by atoms with van der Waals surface area (Å²) in [5.74, 6) is 0.546. The van der Waals surface area contributed by atoms with Crippen LogP contribution in [0.4, 0.5) is 5.69 Å². The van der Waals surface area contributed by atoms with Crippen LogP contribution in [0.15, 0.2) is 45.7 Å². The van der Waals surface area contributed by atoms with Crippen molar-refractivity contribution in [2.24, 2.45) is 0 Å². The van der Waals surface area contributed by atoms with E-state index >= 15 is 0 Å². The number of thioether (sulfide) groups is 1. The fourth-order valence-corrected chi connectivity index (χ4v) is 5.34. The van der Waals surface area contributed by atoms with Crippen molar-refractivity contribution in [2.75, 3.05) is 17.7 Å². The SMILES string of the molecule is Cc1ccccc1NC(=O)CSc1nnc2n(C[C@@H]3CCCO3)c(=O)c3sccc3n12. The van der Waals surface area contributed by atoms with Crippen molar-refractivity contribution in [3.8, 4) is 0 Å². The number of carbonyl (C=O) groups is 1. The van der Waals surface area contributed by atoms with Crippen LogP contribution >= 0.6 is 23.1 Å². The molecule has 0 unspecified atom stereocenters. The molecule has 10 heteroatoms. The maximum atomic E-state index is 13.1. The first-order valence-corrected chi connectivity index (χ1v) is 11.9. The molecule has 1 aliphatic rings. The molecule has 31 heavy (non-hydrogen) atoms. The van der Waals surface area contributed by atoms with E-state index in [0.29, 0.717) is 22.2 Å². The second-order valence-electron chi connectivity index (χ2n) is 7.46. The van der Waals surface area contributed by atoms with Crippen LogP contribution in [0.25, 0.3) is 16.0 Å². The largest absolute Gasteiger partial charge is 0.376 e. The number of nitrogens with zero attached hydrogens (tertiary/aromatic N) is 4. The molecule has 0 radical (unpaired) electrons. The summed E-state index contributed by atoms with van der Waals surface area (Å²) in [5, 5.41) is 14.0. The molecule has 0 saturated carbocycles. The lowest BCUT2D eigenvalue weighted by Gasteiger charge is -2.13. The van der Waals surface area contributed by atoms with Gasteiger partial charge in [-0.05, 0) is 42.8 Å². The maximum Gasteiger partial charge on any atom is 0.272 e. The monoisotopic (exact) mass is 455 g/mol. The van der Waals surface area contributed by atoms with E-state index in [9.17, 15) is 9.59 Å². The Hall–Kier alpha value is -2.69. The zero-order valence-electron chi connectivity index (χ0n) is 16.9. The molecule has 5 rings (SSSR count). The molecule has 0 aliphatic carbocycles. The fraction of sp³-hybridized carbons (Fsp3) is 0.333. The van der Waals surface area contributed by atoms with E-state index in [1.54, 1.807) is 4.57 Å². The lowest BCUT2D eigenvalue weighted by molar-refractivity contribution is -0.113. The summed E-state index contributed by atoms with van der Waals surface area (Å²) in [6.07, 6.45) is 1.93. The molecule has 1 amide bonds. The van der Waals surface area contributed by atoms with Gasteiger partial charge < -0.3 is 10.1 Å². The number of hydrogen-bond acceptors (Lipinski definition) is 7. The number of anilines is 1. The van der Waals surface area contributed by atoms with Crippen LogP contribution in [0.3, 0.4) is 0 Å². The standard InChI is InChI=1S/C21H21N5O3S2/c1-13-5-2-3-7-15(13)22-17(27)12-31-21-24-23-20-25(11-14-6-4-9-29-14)19(28)18-16(26(20)21)8-10-30-18/h2-3,5,7-8,10,14H,4,6,9,11-12H2,1H3,(H,22,27)/t14-/m0/s1. The number of amides is 1. The number of ether oxygens (including phenoxy) is 1.